The van der Waals surface area contributed by atoms with Gasteiger partial charge in [0.2, 0.25) is 0 Å². The van der Waals surface area contributed by atoms with Gasteiger partial charge in [0.05, 0.1) is 12.5 Å². The van der Waals surface area contributed by atoms with Crippen LogP contribution in [0.25, 0.3) is 0 Å². The fourth-order valence-electron chi connectivity index (χ4n) is 1.07. The molecule has 0 saturated carbocycles. The molecular formula is C9H12N2O4. The number of rotatable bonds is 4. The van der Waals surface area contributed by atoms with Gasteiger partial charge in [-0.3, -0.25) is 4.79 Å². The largest absolute Gasteiger partial charge is 0.481 e. The number of hydrogen-bond donors (Lipinski definition) is 3. The quantitative estimate of drug-likeness (QED) is 0.630. The van der Waals surface area contributed by atoms with Crippen LogP contribution in [0.1, 0.15) is 23.9 Å². The Hall–Kier alpha value is -1.53. The fraction of sp³-hybridized carbons (Fsp3) is 0.444. The van der Waals surface area contributed by atoms with Crippen molar-refractivity contribution in [3.05, 3.63) is 23.8 Å². The lowest BCUT2D eigenvalue weighted by Gasteiger charge is -2.15. The standard InChI is InChI=1S/C9H12N2O4/c1-5-10-3-6(4-11-5)9(15)7(12)2-8(13)14/h3-4,7,9,12,15H,2H2,1H3,(H,13,14). The van der Waals surface area contributed by atoms with Crippen LogP contribution >= 0.6 is 0 Å². The fourth-order valence-corrected chi connectivity index (χ4v) is 1.07. The van der Waals surface area contributed by atoms with Gasteiger partial charge in [-0.1, -0.05) is 0 Å². The van der Waals surface area contributed by atoms with E-state index in [2.05, 4.69) is 9.97 Å². The third kappa shape index (κ3) is 3.26. The zero-order chi connectivity index (χ0) is 11.4. The molecule has 0 saturated heterocycles. The van der Waals surface area contributed by atoms with Gasteiger partial charge in [-0.25, -0.2) is 9.97 Å². The van der Waals surface area contributed by atoms with E-state index < -0.39 is 24.6 Å². The molecule has 1 heterocycles. The highest BCUT2D eigenvalue weighted by Gasteiger charge is 2.21. The van der Waals surface area contributed by atoms with Gasteiger partial charge in [0, 0.05) is 18.0 Å². The highest BCUT2D eigenvalue weighted by atomic mass is 16.4. The molecule has 1 aromatic heterocycles. The number of carbonyl (C=O) groups is 1. The van der Waals surface area contributed by atoms with E-state index in [4.69, 9.17) is 5.11 Å². The van der Waals surface area contributed by atoms with Crippen LogP contribution in [0.3, 0.4) is 0 Å². The molecular weight excluding hydrogens is 200 g/mol. The lowest BCUT2D eigenvalue weighted by molar-refractivity contribution is -0.141. The van der Waals surface area contributed by atoms with E-state index in [1.165, 1.54) is 12.4 Å². The van der Waals surface area contributed by atoms with Crippen LogP contribution in [0.5, 0.6) is 0 Å². The van der Waals surface area contributed by atoms with E-state index in [0.717, 1.165) is 0 Å². The Labute approximate surface area is 86.2 Å². The van der Waals surface area contributed by atoms with Gasteiger partial charge >= 0.3 is 5.97 Å². The zero-order valence-electron chi connectivity index (χ0n) is 8.16. The number of carboxylic acid groups (broad SMARTS) is 1. The van der Waals surface area contributed by atoms with E-state index in [1.807, 2.05) is 0 Å². The van der Waals surface area contributed by atoms with Crippen LogP contribution in [0.15, 0.2) is 12.4 Å². The first-order chi connectivity index (χ1) is 7.00. The molecule has 82 valence electrons. The molecule has 0 amide bonds. The Bertz CT molecular complexity index is 338. The summed E-state index contributed by atoms with van der Waals surface area (Å²) < 4.78 is 0. The molecule has 2 atom stereocenters. The summed E-state index contributed by atoms with van der Waals surface area (Å²) in [6.45, 7) is 1.68. The van der Waals surface area contributed by atoms with Crippen molar-refractivity contribution in [3.8, 4) is 0 Å². The molecule has 6 heteroatoms. The van der Waals surface area contributed by atoms with Crippen LogP contribution in [0.4, 0.5) is 0 Å². The molecule has 1 aromatic rings. The maximum Gasteiger partial charge on any atom is 0.306 e. The number of nitrogens with zero attached hydrogens (tertiary/aromatic N) is 2. The first-order valence-electron chi connectivity index (χ1n) is 4.37. The molecule has 0 aliphatic carbocycles. The highest BCUT2D eigenvalue weighted by Crippen LogP contribution is 2.17. The first-order valence-corrected chi connectivity index (χ1v) is 4.37. The molecule has 2 unspecified atom stereocenters. The van der Waals surface area contributed by atoms with Crippen molar-refractivity contribution < 1.29 is 20.1 Å². The maximum absolute atomic E-state index is 10.3. The minimum absolute atomic E-state index is 0.300. The third-order valence-corrected chi connectivity index (χ3v) is 1.89. The van der Waals surface area contributed by atoms with Crippen LogP contribution in [0, 0.1) is 6.92 Å². The smallest absolute Gasteiger partial charge is 0.306 e. The summed E-state index contributed by atoms with van der Waals surface area (Å²) in [4.78, 5) is 18.0. The lowest BCUT2D eigenvalue weighted by atomic mass is 10.1. The van der Waals surface area contributed by atoms with Gasteiger partial charge in [-0.05, 0) is 6.92 Å². The van der Waals surface area contributed by atoms with Gasteiger partial charge in [-0.15, -0.1) is 0 Å². The number of aliphatic carboxylic acids is 1. The molecule has 0 fully saturated rings. The van der Waals surface area contributed by atoms with Crippen LogP contribution in [-0.4, -0.2) is 37.4 Å². The minimum atomic E-state index is -1.35. The van der Waals surface area contributed by atoms with Crippen molar-refractivity contribution in [1.29, 1.82) is 0 Å². The Balaban J connectivity index is 2.71. The molecule has 0 radical (unpaired) electrons. The van der Waals surface area contributed by atoms with Crippen molar-refractivity contribution in [2.24, 2.45) is 0 Å². The predicted molar refractivity (Wildman–Crippen MR) is 50.0 cm³/mol. The number of carboxylic acids is 1. The molecule has 0 aliphatic rings. The second-order valence-corrected chi connectivity index (χ2v) is 3.17. The van der Waals surface area contributed by atoms with Crippen molar-refractivity contribution in [3.63, 3.8) is 0 Å². The number of aromatic nitrogens is 2. The zero-order valence-corrected chi connectivity index (χ0v) is 8.16. The monoisotopic (exact) mass is 212 g/mol. The molecule has 3 N–H and O–H groups in total. The van der Waals surface area contributed by atoms with E-state index in [0.29, 0.717) is 11.4 Å². The van der Waals surface area contributed by atoms with Crippen LogP contribution in [-0.2, 0) is 4.79 Å². The van der Waals surface area contributed by atoms with Gasteiger partial charge in [0.25, 0.3) is 0 Å². The summed E-state index contributed by atoms with van der Waals surface area (Å²) in [5, 5.41) is 27.3. The van der Waals surface area contributed by atoms with E-state index >= 15 is 0 Å². The topological polar surface area (TPSA) is 104 Å². The van der Waals surface area contributed by atoms with E-state index in [-0.39, 0.29) is 0 Å². The third-order valence-electron chi connectivity index (χ3n) is 1.89. The highest BCUT2D eigenvalue weighted by molar-refractivity contribution is 5.67. The maximum atomic E-state index is 10.3. The van der Waals surface area contributed by atoms with Crippen molar-refractivity contribution >= 4 is 5.97 Å². The lowest BCUT2D eigenvalue weighted by Crippen LogP contribution is -2.22. The van der Waals surface area contributed by atoms with Crippen LogP contribution < -0.4 is 0 Å². The molecule has 0 spiro atoms. The summed E-state index contributed by atoms with van der Waals surface area (Å²) in [5.41, 5.74) is 0.300. The van der Waals surface area contributed by atoms with Gasteiger partial charge < -0.3 is 15.3 Å². The van der Waals surface area contributed by atoms with Crippen molar-refractivity contribution in [2.45, 2.75) is 25.6 Å². The first kappa shape index (κ1) is 11.5. The summed E-state index contributed by atoms with van der Waals surface area (Å²) in [7, 11) is 0. The second-order valence-electron chi connectivity index (χ2n) is 3.17. The second kappa shape index (κ2) is 4.81. The molecule has 0 aromatic carbocycles. The molecule has 0 bridgehead atoms. The molecule has 1 rings (SSSR count). The Morgan fingerprint density at radius 2 is 1.93 bits per heavy atom. The molecule has 15 heavy (non-hydrogen) atoms. The summed E-state index contributed by atoms with van der Waals surface area (Å²) in [5.74, 6) is -0.631. The Kier molecular flexibility index (Phi) is 3.70. The van der Waals surface area contributed by atoms with E-state index in [9.17, 15) is 15.0 Å². The minimum Gasteiger partial charge on any atom is -0.481 e. The van der Waals surface area contributed by atoms with E-state index in [1.54, 1.807) is 6.92 Å². The number of hydrogen-bond acceptors (Lipinski definition) is 5. The number of aryl methyl sites for hydroxylation is 1. The summed E-state index contributed by atoms with van der Waals surface area (Å²) >= 11 is 0. The van der Waals surface area contributed by atoms with Gasteiger partial charge in [0.15, 0.2) is 0 Å². The van der Waals surface area contributed by atoms with Crippen molar-refractivity contribution in [2.75, 3.05) is 0 Å². The number of aliphatic hydroxyl groups is 2. The summed E-state index contributed by atoms with van der Waals surface area (Å²) in [6, 6.07) is 0. The number of aliphatic hydroxyl groups excluding tert-OH is 2. The van der Waals surface area contributed by atoms with Gasteiger partial charge in [0.1, 0.15) is 11.9 Å². The average molecular weight is 212 g/mol. The SMILES string of the molecule is Cc1ncc(C(O)C(O)CC(=O)O)cn1. The predicted octanol–water partition coefficient (Wildman–Crippen LogP) is -0.346. The van der Waals surface area contributed by atoms with Crippen molar-refractivity contribution in [1.82, 2.24) is 9.97 Å². The summed E-state index contributed by atoms with van der Waals surface area (Å²) in [6.07, 6.45) is -0.430. The normalized spacial score (nSPS) is 14.6. The van der Waals surface area contributed by atoms with Crippen LogP contribution in [0.2, 0.25) is 0 Å². The Morgan fingerprint density at radius 3 is 2.40 bits per heavy atom. The Morgan fingerprint density at radius 1 is 1.40 bits per heavy atom. The van der Waals surface area contributed by atoms with Gasteiger partial charge in [-0.2, -0.15) is 0 Å². The molecule has 6 nitrogen and oxygen atoms in total. The molecule has 0 aliphatic heterocycles. The average Bonchev–Trinajstić information content (AvgIpc) is 2.17.